The van der Waals surface area contributed by atoms with E-state index < -0.39 is 94.0 Å². The SMILES string of the molecule is COC(=O)[C@@H](OC(C)(C)C)c1c(C)nc2sc(C)cc2c1-c1ccc(Br)c(F)c1Cl.COC(=O)[C@@H](OC(C)(C)C)c1c(C)nc2sc(C)cc2c1-c1ccc(N)c(F)c1Cl.Cc1cc2c(-c3ccc(Br)c(F)c3Cl)c([C@H](OC(C)(C)C)C(=O)O)c(C)nc2s1.Cc1cc2c(-c3ccc(Br)c(F)c3Cl)c([C@H](OC(C)(C)C)C(=O)O)c(C)nc2s1. The van der Waals surface area contributed by atoms with Crippen molar-refractivity contribution in [2.24, 2.45) is 0 Å². The predicted molar refractivity (Wildman–Crippen MR) is 479 cm³/mol. The summed E-state index contributed by atoms with van der Waals surface area (Å²) in [6, 6.07) is 20.6. The summed E-state index contributed by atoms with van der Waals surface area (Å²) in [5.41, 5.74) is 10.8. The normalized spacial score (nSPS) is 13.0. The molecule has 0 spiro atoms. The summed E-state index contributed by atoms with van der Waals surface area (Å²) in [4.78, 5) is 75.6. The predicted octanol–water partition coefficient (Wildman–Crippen LogP) is 27.3. The quantitative estimate of drug-likeness (QED) is 0.0352. The number of carboxylic acids is 2. The molecule has 0 bridgehead atoms. The lowest BCUT2D eigenvalue weighted by Gasteiger charge is -2.28. The van der Waals surface area contributed by atoms with Gasteiger partial charge in [0.25, 0.3) is 0 Å². The first-order valence-electron chi connectivity index (χ1n) is 36.3. The van der Waals surface area contributed by atoms with Crippen molar-refractivity contribution in [3.63, 3.8) is 0 Å². The second kappa shape index (κ2) is 37.5. The second-order valence-corrected chi connectivity index (χ2v) is 40.4. The van der Waals surface area contributed by atoms with Crippen LogP contribution in [0.4, 0.5) is 23.2 Å². The third-order valence-electron chi connectivity index (χ3n) is 17.6. The van der Waals surface area contributed by atoms with Gasteiger partial charge in [-0.3, -0.25) is 0 Å². The van der Waals surface area contributed by atoms with Gasteiger partial charge in [-0.25, -0.2) is 56.7 Å². The van der Waals surface area contributed by atoms with Crippen molar-refractivity contribution < 1.29 is 75.4 Å². The molecule has 8 heterocycles. The Morgan fingerprint density at radius 2 is 0.593 bits per heavy atom. The van der Waals surface area contributed by atoms with Crippen LogP contribution in [-0.4, -0.2) is 90.6 Å². The van der Waals surface area contributed by atoms with E-state index in [-0.39, 0.29) is 39.2 Å². The molecule has 4 aromatic carbocycles. The Bertz CT molecular complexity index is 5600. The summed E-state index contributed by atoms with van der Waals surface area (Å²) < 4.78 is 93.3. The number of esters is 2. The van der Waals surface area contributed by atoms with E-state index in [2.05, 4.69) is 62.7 Å². The van der Waals surface area contributed by atoms with E-state index in [1.807, 2.05) is 93.5 Å². The van der Waals surface area contributed by atoms with Crippen molar-refractivity contribution in [3.8, 4) is 44.5 Å². The number of halogens is 11. The number of hydrogen-bond donors (Lipinski definition) is 3. The molecule has 0 aliphatic rings. The third kappa shape index (κ3) is 21.2. The van der Waals surface area contributed by atoms with Crippen molar-refractivity contribution in [3.05, 3.63) is 194 Å². The first kappa shape index (κ1) is 95.0. The van der Waals surface area contributed by atoms with Crippen molar-refractivity contribution in [2.75, 3.05) is 20.0 Å². The van der Waals surface area contributed by atoms with E-state index in [0.29, 0.717) is 89.5 Å². The number of thiophene rings is 4. The molecule has 32 heteroatoms. The molecule has 0 aliphatic carbocycles. The average molecular weight is 1970 g/mol. The standard InChI is InChI=1S/C22H22BrClFNO3S.C22H24ClFN2O3S.2C21H20BrClFNO3S/c1-10-9-13-16(12-7-8-14(23)18(25)17(12)24)15(11(2)26-20(13)30-10)19(21(27)28-6)29-22(3,4)5;1-10-9-13-16(12-7-8-14(25)18(24)17(12)23)15(11(2)26-20(13)30-10)19(21(27)28-6)29-22(3,4)5;2*1-9-8-12-15(11-6-7-13(22)17(24)16(11)23)14(10(2)25-19(12)29-9)18(20(26)27)28-21(3,4)5/h7-9,19H,1-6H3;7-9,19H,25H2,1-6H3;2*6-8,18H,1-5H3,(H,26,27)/t2*19-;2*18-/m0000/s1. The highest BCUT2D eigenvalue weighted by Crippen LogP contribution is 2.51. The average Bonchev–Trinajstić information content (AvgIpc) is 1.46. The lowest BCUT2D eigenvalue weighted by atomic mass is 9.92. The fraction of sp³-hybridized carbons (Fsp3) is 0.349. The highest BCUT2D eigenvalue weighted by atomic mass is 79.9. The molecular weight excluding hydrogens is 1880 g/mol. The molecule has 118 heavy (non-hydrogen) atoms. The number of nitrogens with zero attached hydrogens (tertiary/aromatic N) is 4. The van der Waals surface area contributed by atoms with Crippen LogP contribution in [0.2, 0.25) is 20.1 Å². The maximum atomic E-state index is 14.7. The number of fused-ring (bicyclic) bond motifs is 4. The Morgan fingerprint density at radius 3 is 0.814 bits per heavy atom. The molecule has 0 saturated heterocycles. The van der Waals surface area contributed by atoms with Crippen LogP contribution in [0.5, 0.6) is 0 Å². The monoisotopic (exact) mass is 1960 g/mol. The van der Waals surface area contributed by atoms with Gasteiger partial charge in [-0.05, 0) is 235 Å². The summed E-state index contributed by atoms with van der Waals surface area (Å²) in [5.74, 6) is -5.91. The lowest BCUT2D eigenvalue weighted by Crippen LogP contribution is -2.29. The Balaban J connectivity index is 0.000000179. The third-order valence-corrected chi connectivity index (χ3v) is 24.7. The zero-order valence-corrected chi connectivity index (χ0v) is 79.4. The number of aliphatic carboxylic acids is 2. The van der Waals surface area contributed by atoms with Crippen molar-refractivity contribution in [2.45, 2.75) is 185 Å². The van der Waals surface area contributed by atoms with Gasteiger partial charge in [-0.15, -0.1) is 45.3 Å². The molecule has 628 valence electrons. The molecule has 17 nitrogen and oxygen atoms in total. The Hall–Kier alpha value is -6.84. The van der Waals surface area contributed by atoms with E-state index in [1.54, 1.807) is 112 Å². The first-order valence-corrected chi connectivity index (χ1v) is 43.5. The molecule has 0 aliphatic heterocycles. The topological polar surface area (TPSA) is 242 Å². The number of anilines is 1. The highest BCUT2D eigenvalue weighted by Gasteiger charge is 2.40. The molecule has 0 saturated carbocycles. The zero-order valence-electron chi connectivity index (χ0n) is 68.4. The smallest absolute Gasteiger partial charge is 0.339 e. The molecule has 12 rings (SSSR count). The van der Waals surface area contributed by atoms with Gasteiger partial charge in [0.05, 0.1) is 75.8 Å². The number of pyridine rings is 4. The number of carboxylic acid groups (broad SMARTS) is 2. The summed E-state index contributed by atoms with van der Waals surface area (Å²) in [6.07, 6.45) is -4.70. The number of methoxy groups -OCH3 is 2. The van der Waals surface area contributed by atoms with E-state index in [1.165, 1.54) is 65.6 Å². The molecular formula is C86H86Br3Cl4F4N5O12S4. The van der Waals surface area contributed by atoms with Crippen LogP contribution in [0.1, 0.15) is 172 Å². The van der Waals surface area contributed by atoms with Crippen LogP contribution >= 0.6 is 140 Å². The van der Waals surface area contributed by atoms with Gasteiger partial charge in [-0.2, -0.15) is 0 Å². The minimum absolute atomic E-state index is 0.0410. The van der Waals surface area contributed by atoms with Crippen LogP contribution in [0.15, 0.2) is 86.2 Å². The molecule has 4 N–H and O–H groups in total. The largest absolute Gasteiger partial charge is 0.479 e. The number of rotatable bonds is 16. The van der Waals surface area contributed by atoms with Gasteiger partial charge >= 0.3 is 23.9 Å². The van der Waals surface area contributed by atoms with Crippen molar-refractivity contribution in [1.29, 1.82) is 0 Å². The van der Waals surface area contributed by atoms with Crippen LogP contribution in [-0.2, 0) is 47.6 Å². The first-order chi connectivity index (χ1) is 54.7. The fourth-order valence-electron chi connectivity index (χ4n) is 13.1. The summed E-state index contributed by atoms with van der Waals surface area (Å²) in [7, 11) is 2.61. The number of aromatic nitrogens is 4. The van der Waals surface area contributed by atoms with E-state index in [4.69, 9.17) is 85.5 Å². The van der Waals surface area contributed by atoms with E-state index in [9.17, 15) is 47.0 Å². The molecule has 0 amide bonds. The number of nitrogens with two attached hydrogens (primary N) is 1. The summed E-state index contributed by atoms with van der Waals surface area (Å²) >= 11 is 41.0. The highest BCUT2D eigenvalue weighted by molar-refractivity contribution is 9.11. The van der Waals surface area contributed by atoms with Crippen molar-refractivity contribution in [1.82, 2.24) is 19.9 Å². The minimum atomic E-state index is -1.29. The Labute approximate surface area is 742 Å². The molecule has 0 fully saturated rings. The minimum Gasteiger partial charge on any atom is -0.479 e. The van der Waals surface area contributed by atoms with Crippen LogP contribution < -0.4 is 5.73 Å². The second-order valence-electron chi connectivity index (χ2n) is 31.4. The Morgan fingerprint density at radius 1 is 0.381 bits per heavy atom. The number of carbonyl (C=O) groups excluding carboxylic acids is 2. The van der Waals surface area contributed by atoms with Crippen molar-refractivity contribution >= 4 is 210 Å². The molecule has 0 unspecified atom stereocenters. The van der Waals surface area contributed by atoms with Gasteiger partial charge in [0, 0.05) is 131 Å². The zero-order chi connectivity index (χ0) is 88.1. The molecule has 8 aromatic heterocycles. The molecule has 12 aromatic rings. The Kier molecular flexibility index (Phi) is 30.2. The van der Waals surface area contributed by atoms with Crippen LogP contribution in [0.25, 0.3) is 85.4 Å². The number of hydrogen-bond acceptors (Lipinski definition) is 19. The summed E-state index contributed by atoms with van der Waals surface area (Å²) in [5, 5.41) is 22.6. The number of aryl methyl sites for hydroxylation is 8. The maximum Gasteiger partial charge on any atom is 0.339 e. The van der Waals surface area contributed by atoms with Gasteiger partial charge in [0.2, 0.25) is 0 Å². The number of nitrogen functional groups attached to an aromatic ring is 1. The fourth-order valence-corrected chi connectivity index (χ4v) is 19.2. The molecule has 0 radical (unpaired) electrons. The van der Waals surface area contributed by atoms with Gasteiger partial charge in [0.1, 0.15) is 19.3 Å². The maximum absolute atomic E-state index is 14.7. The van der Waals surface area contributed by atoms with Crippen LogP contribution in [0, 0.1) is 78.7 Å². The van der Waals surface area contributed by atoms with E-state index in [0.717, 1.165) is 60.4 Å². The van der Waals surface area contributed by atoms with Crippen LogP contribution in [0.3, 0.4) is 0 Å². The van der Waals surface area contributed by atoms with Gasteiger partial charge in [0.15, 0.2) is 47.7 Å². The van der Waals surface area contributed by atoms with E-state index >= 15 is 0 Å². The number of carbonyl (C=O) groups is 4. The lowest BCUT2D eigenvalue weighted by molar-refractivity contribution is -0.164. The number of ether oxygens (including phenoxy) is 6. The summed E-state index contributed by atoms with van der Waals surface area (Å²) in [6.45, 7) is 36.6. The molecule has 4 atom stereocenters. The van der Waals surface area contributed by atoms with Gasteiger partial charge < -0.3 is 44.4 Å². The number of benzene rings is 4. The van der Waals surface area contributed by atoms with Gasteiger partial charge in [-0.1, -0.05) is 70.7 Å².